The number of nitrogens with zero attached hydrogens (tertiary/aromatic N) is 2. The van der Waals surface area contributed by atoms with Crippen LogP contribution in [0.4, 0.5) is 0 Å². The molecular formula is C32H26N2O2. The Morgan fingerprint density at radius 2 is 1.17 bits per heavy atom. The molecule has 0 fully saturated rings. The molecule has 0 atom stereocenters. The maximum Gasteiger partial charge on any atom is 0.338 e. The van der Waals surface area contributed by atoms with Gasteiger partial charge < -0.3 is 9.30 Å². The van der Waals surface area contributed by atoms with E-state index < -0.39 is 11.5 Å². The Balaban J connectivity index is 1.84. The number of aromatic nitrogens is 2. The van der Waals surface area contributed by atoms with Crippen LogP contribution in [0.25, 0.3) is 11.6 Å². The van der Waals surface area contributed by atoms with E-state index in [0.717, 1.165) is 27.9 Å². The molecule has 0 bridgehead atoms. The Morgan fingerprint density at radius 1 is 0.722 bits per heavy atom. The first-order chi connectivity index (χ1) is 17.7. The van der Waals surface area contributed by atoms with E-state index in [1.807, 2.05) is 97.3 Å². The highest BCUT2D eigenvalue weighted by Crippen LogP contribution is 2.42. The smallest absolute Gasteiger partial charge is 0.338 e. The van der Waals surface area contributed by atoms with Gasteiger partial charge in [0.15, 0.2) is 0 Å². The van der Waals surface area contributed by atoms with Gasteiger partial charge in [-0.05, 0) is 28.3 Å². The second-order valence-electron chi connectivity index (χ2n) is 8.41. The Kier molecular flexibility index (Phi) is 6.59. The molecular weight excluding hydrogens is 444 g/mol. The number of carbonyl (C=O) groups is 1. The first-order valence-corrected chi connectivity index (χ1v) is 11.8. The standard InChI is InChI=1S/C32H26N2O2/c1-36-31(35)30(25-14-6-2-7-15-25)22-29-23-33-24-34(29)32(26-16-8-3-9-17-26,27-18-10-4-11-19-27)28-20-12-5-13-21-28/h2-24H,1H3. The van der Waals surface area contributed by atoms with Crippen LogP contribution < -0.4 is 0 Å². The van der Waals surface area contributed by atoms with Gasteiger partial charge in [0.05, 0.1) is 30.9 Å². The molecule has 176 valence electrons. The second-order valence-corrected chi connectivity index (χ2v) is 8.41. The van der Waals surface area contributed by atoms with Crippen LogP contribution >= 0.6 is 0 Å². The van der Waals surface area contributed by atoms with Crippen molar-refractivity contribution in [2.45, 2.75) is 5.54 Å². The van der Waals surface area contributed by atoms with E-state index in [1.165, 1.54) is 7.11 Å². The second kappa shape index (κ2) is 10.3. The highest BCUT2D eigenvalue weighted by molar-refractivity contribution is 6.21. The number of imidazole rings is 1. The van der Waals surface area contributed by atoms with E-state index in [9.17, 15) is 4.79 Å². The van der Waals surface area contributed by atoms with Crippen LogP contribution in [0.1, 0.15) is 27.9 Å². The summed E-state index contributed by atoms with van der Waals surface area (Å²) in [5.41, 5.74) is 4.52. The number of rotatable bonds is 7. The lowest BCUT2D eigenvalue weighted by Crippen LogP contribution is -2.38. The van der Waals surface area contributed by atoms with Crippen molar-refractivity contribution in [1.82, 2.24) is 9.55 Å². The van der Waals surface area contributed by atoms with Crippen LogP contribution in [-0.4, -0.2) is 22.6 Å². The van der Waals surface area contributed by atoms with Crippen LogP contribution in [-0.2, 0) is 15.1 Å². The number of hydrogen-bond donors (Lipinski definition) is 0. The van der Waals surface area contributed by atoms with E-state index in [2.05, 4.69) is 45.9 Å². The molecule has 0 saturated carbocycles. The van der Waals surface area contributed by atoms with E-state index in [1.54, 1.807) is 6.20 Å². The zero-order chi connectivity index (χ0) is 24.8. The summed E-state index contributed by atoms with van der Waals surface area (Å²) in [7, 11) is 1.40. The molecule has 5 rings (SSSR count). The van der Waals surface area contributed by atoms with E-state index in [0.29, 0.717) is 5.57 Å². The molecule has 4 nitrogen and oxygen atoms in total. The van der Waals surface area contributed by atoms with Gasteiger partial charge in [-0.1, -0.05) is 121 Å². The van der Waals surface area contributed by atoms with Gasteiger partial charge in [0.25, 0.3) is 0 Å². The lowest BCUT2D eigenvalue weighted by Gasteiger charge is -2.38. The van der Waals surface area contributed by atoms with Crippen LogP contribution in [0.15, 0.2) is 134 Å². The molecule has 4 aromatic carbocycles. The predicted octanol–water partition coefficient (Wildman–Crippen LogP) is 6.44. The highest BCUT2D eigenvalue weighted by atomic mass is 16.5. The number of esters is 1. The summed E-state index contributed by atoms with van der Waals surface area (Å²) in [4.78, 5) is 17.5. The fourth-order valence-electron chi connectivity index (χ4n) is 4.78. The average Bonchev–Trinajstić information content (AvgIpc) is 3.42. The van der Waals surface area contributed by atoms with Crippen molar-refractivity contribution in [3.05, 3.63) is 162 Å². The summed E-state index contributed by atoms with van der Waals surface area (Å²) in [6, 6.07) is 40.7. The van der Waals surface area contributed by atoms with E-state index >= 15 is 0 Å². The number of ether oxygens (including phenoxy) is 1. The molecule has 0 N–H and O–H groups in total. The van der Waals surface area contributed by atoms with Crippen molar-refractivity contribution in [1.29, 1.82) is 0 Å². The highest BCUT2D eigenvalue weighted by Gasteiger charge is 2.39. The molecule has 0 saturated heterocycles. The third-order valence-electron chi connectivity index (χ3n) is 6.39. The van der Waals surface area contributed by atoms with Gasteiger partial charge in [-0.2, -0.15) is 0 Å². The van der Waals surface area contributed by atoms with Crippen molar-refractivity contribution >= 4 is 17.6 Å². The van der Waals surface area contributed by atoms with Gasteiger partial charge in [0.2, 0.25) is 0 Å². The molecule has 1 aromatic heterocycles. The Morgan fingerprint density at radius 3 is 1.61 bits per heavy atom. The topological polar surface area (TPSA) is 44.1 Å². The SMILES string of the molecule is COC(=O)C(=Cc1cncn1C(c1ccccc1)(c1ccccc1)c1ccccc1)c1ccccc1. The molecule has 36 heavy (non-hydrogen) atoms. The fraction of sp³-hybridized carbons (Fsp3) is 0.0625. The van der Waals surface area contributed by atoms with Crippen LogP contribution in [0.2, 0.25) is 0 Å². The molecule has 0 spiro atoms. The van der Waals surface area contributed by atoms with Gasteiger partial charge in [0.1, 0.15) is 5.54 Å². The van der Waals surface area contributed by atoms with Crippen molar-refractivity contribution in [2.75, 3.05) is 7.11 Å². The molecule has 5 aromatic rings. The Bertz CT molecular complexity index is 1360. The average molecular weight is 471 g/mol. The van der Waals surface area contributed by atoms with Crippen molar-refractivity contribution in [3.63, 3.8) is 0 Å². The molecule has 0 radical (unpaired) electrons. The molecule has 0 unspecified atom stereocenters. The summed E-state index contributed by atoms with van der Waals surface area (Å²) in [6.07, 6.45) is 5.48. The quantitative estimate of drug-likeness (QED) is 0.156. The Hall–Kier alpha value is -4.70. The first-order valence-electron chi connectivity index (χ1n) is 11.8. The number of benzene rings is 4. The minimum Gasteiger partial charge on any atom is -0.465 e. The van der Waals surface area contributed by atoms with Crippen LogP contribution in [0.5, 0.6) is 0 Å². The molecule has 0 aliphatic carbocycles. The summed E-state index contributed by atoms with van der Waals surface area (Å²) in [6.45, 7) is 0. The van der Waals surface area contributed by atoms with Gasteiger partial charge in [-0.3, -0.25) is 0 Å². The summed E-state index contributed by atoms with van der Waals surface area (Å²) in [5.74, 6) is -0.404. The molecule has 1 heterocycles. The molecule has 0 aliphatic rings. The molecule has 0 aliphatic heterocycles. The van der Waals surface area contributed by atoms with Crippen LogP contribution in [0.3, 0.4) is 0 Å². The van der Waals surface area contributed by atoms with E-state index in [-0.39, 0.29) is 0 Å². The van der Waals surface area contributed by atoms with Crippen molar-refractivity contribution in [2.24, 2.45) is 0 Å². The monoisotopic (exact) mass is 470 g/mol. The normalized spacial score (nSPS) is 11.8. The third kappa shape index (κ3) is 4.14. The van der Waals surface area contributed by atoms with Gasteiger partial charge in [-0.25, -0.2) is 9.78 Å². The largest absolute Gasteiger partial charge is 0.465 e. The lowest BCUT2D eigenvalue weighted by atomic mass is 9.76. The fourth-order valence-corrected chi connectivity index (χ4v) is 4.78. The zero-order valence-corrected chi connectivity index (χ0v) is 20.0. The van der Waals surface area contributed by atoms with Crippen LogP contribution in [0, 0.1) is 0 Å². The molecule has 4 heteroatoms. The Labute approximate surface area is 211 Å². The van der Waals surface area contributed by atoms with Gasteiger partial charge in [0, 0.05) is 0 Å². The van der Waals surface area contributed by atoms with Crippen molar-refractivity contribution in [3.8, 4) is 0 Å². The third-order valence-corrected chi connectivity index (χ3v) is 6.39. The number of hydrogen-bond acceptors (Lipinski definition) is 3. The van der Waals surface area contributed by atoms with Crippen molar-refractivity contribution < 1.29 is 9.53 Å². The lowest BCUT2D eigenvalue weighted by molar-refractivity contribution is -0.133. The maximum atomic E-state index is 12.9. The number of carbonyl (C=O) groups excluding carboxylic acids is 1. The van der Waals surface area contributed by atoms with Gasteiger partial charge in [-0.15, -0.1) is 0 Å². The zero-order valence-electron chi connectivity index (χ0n) is 20.0. The predicted molar refractivity (Wildman–Crippen MR) is 143 cm³/mol. The summed E-state index contributed by atoms with van der Waals surface area (Å²) >= 11 is 0. The minimum atomic E-state index is -0.732. The first kappa shape index (κ1) is 23.1. The molecule has 0 amide bonds. The minimum absolute atomic E-state index is 0.404. The number of methoxy groups -OCH3 is 1. The summed E-state index contributed by atoms with van der Waals surface area (Å²) < 4.78 is 7.30. The van der Waals surface area contributed by atoms with E-state index in [4.69, 9.17) is 4.74 Å². The maximum absolute atomic E-state index is 12.9. The summed E-state index contributed by atoms with van der Waals surface area (Å²) in [5, 5.41) is 0. The van der Waals surface area contributed by atoms with Gasteiger partial charge >= 0.3 is 5.97 Å².